The number of aliphatic hydroxyl groups excluding tert-OH is 2. The summed E-state index contributed by atoms with van der Waals surface area (Å²) in [7, 11) is 0. The number of β-amino-alcohol motifs (C(OH)–C–C–N with tert-alkyl or cyclic N) is 1. The van der Waals surface area contributed by atoms with E-state index in [1.54, 1.807) is 70.3 Å². The number of carbonyl (C=O) groups is 2. The van der Waals surface area contributed by atoms with Crippen LogP contribution in [0.4, 0.5) is 13.2 Å². The lowest BCUT2D eigenvalue weighted by Gasteiger charge is -2.41. The molecule has 2 aliphatic rings. The molecule has 0 saturated carbocycles. The van der Waals surface area contributed by atoms with Gasteiger partial charge in [0, 0.05) is 66.9 Å². The Labute approximate surface area is 289 Å². The van der Waals surface area contributed by atoms with Gasteiger partial charge in [-0.3, -0.25) is 24.4 Å². The molecule has 10 nitrogen and oxygen atoms in total. The van der Waals surface area contributed by atoms with Gasteiger partial charge in [0.2, 0.25) is 11.8 Å². The molecule has 0 bridgehead atoms. The van der Waals surface area contributed by atoms with E-state index >= 15 is 0 Å². The molecule has 0 radical (unpaired) electrons. The number of thiophene rings is 2. The maximum atomic E-state index is 13.8. The van der Waals surface area contributed by atoms with Crippen molar-refractivity contribution in [2.24, 2.45) is 5.92 Å². The lowest BCUT2D eigenvalue weighted by Crippen LogP contribution is -2.60. The number of amides is 2. The molecule has 1 saturated heterocycles. The number of para-hydroxylation sites is 1. The first-order chi connectivity index (χ1) is 23.5. The van der Waals surface area contributed by atoms with Gasteiger partial charge >= 0.3 is 6.18 Å². The van der Waals surface area contributed by atoms with E-state index in [2.05, 4.69) is 16.4 Å². The van der Waals surface area contributed by atoms with Crippen LogP contribution in [0.5, 0.6) is 5.75 Å². The number of nitrogens with one attached hydrogen (secondary N) is 2. The third kappa shape index (κ3) is 9.15. The number of alkyl halides is 3. The number of fused-ring (bicyclic) bond motifs is 2. The van der Waals surface area contributed by atoms with Gasteiger partial charge in [-0.1, -0.05) is 24.3 Å². The van der Waals surface area contributed by atoms with Gasteiger partial charge < -0.3 is 25.6 Å². The molecular formula is C34H38F3N5O5S2. The van der Waals surface area contributed by atoms with Crippen molar-refractivity contribution < 1.29 is 37.7 Å². The number of rotatable bonds is 12. The zero-order valence-electron chi connectivity index (χ0n) is 26.5. The average Bonchev–Trinajstić information content (AvgIpc) is 3.67. The van der Waals surface area contributed by atoms with E-state index in [1.807, 2.05) is 27.7 Å². The number of piperazine rings is 1. The maximum Gasteiger partial charge on any atom is 0.405 e. The Bertz CT molecular complexity index is 1690. The van der Waals surface area contributed by atoms with E-state index in [-0.39, 0.29) is 38.4 Å². The van der Waals surface area contributed by atoms with Crippen LogP contribution in [0.3, 0.4) is 0 Å². The van der Waals surface area contributed by atoms with Crippen LogP contribution in [0.2, 0.25) is 0 Å². The lowest BCUT2D eigenvalue weighted by molar-refractivity contribution is -0.143. The van der Waals surface area contributed by atoms with E-state index in [1.165, 1.54) is 4.01 Å². The van der Waals surface area contributed by atoms with E-state index in [4.69, 9.17) is 4.74 Å². The number of aliphatic hydroxyl groups is 2. The van der Waals surface area contributed by atoms with Crippen molar-refractivity contribution in [2.75, 3.05) is 39.3 Å². The number of aromatic nitrogens is 1. The zero-order chi connectivity index (χ0) is 34.5. The highest BCUT2D eigenvalue weighted by molar-refractivity contribution is 7.37. The molecule has 0 aliphatic carbocycles. The van der Waals surface area contributed by atoms with E-state index in [9.17, 15) is 33.0 Å². The fraction of sp³-hybridized carbons (Fsp3) is 0.441. The molecule has 4 aromatic rings. The second-order valence-corrected chi connectivity index (χ2v) is 14.8. The largest absolute Gasteiger partial charge is 0.490 e. The third-order valence-corrected chi connectivity index (χ3v) is 11.0. The molecule has 15 heteroatoms. The van der Waals surface area contributed by atoms with Crippen LogP contribution >= 0.6 is 22.7 Å². The molecule has 4 N–H and O–H groups in total. The summed E-state index contributed by atoms with van der Waals surface area (Å²) in [6.07, 6.45) is -3.13. The highest BCUT2D eigenvalue weighted by Gasteiger charge is 2.38. The number of carbonyl (C=O) groups excluding carboxylic acids is 2. The summed E-state index contributed by atoms with van der Waals surface area (Å²) in [6, 6.07) is 13.2. The molecule has 6 rings (SSSR count). The smallest absolute Gasteiger partial charge is 0.405 e. The van der Waals surface area contributed by atoms with Crippen LogP contribution < -0.4 is 15.4 Å². The van der Waals surface area contributed by atoms with Crippen molar-refractivity contribution >= 4 is 43.9 Å². The number of hydrogen-bond acceptors (Lipinski definition) is 10. The summed E-state index contributed by atoms with van der Waals surface area (Å²) in [5.74, 6) is -1.33. The highest BCUT2D eigenvalue weighted by Crippen LogP contribution is 2.33. The minimum absolute atomic E-state index is 0.00469. The molecule has 262 valence electrons. The van der Waals surface area contributed by atoms with Gasteiger partial charge in [0.05, 0.1) is 16.2 Å². The normalized spacial score (nSPS) is 21.4. The van der Waals surface area contributed by atoms with Gasteiger partial charge in [0.1, 0.15) is 31.0 Å². The second-order valence-electron chi connectivity index (χ2n) is 12.5. The van der Waals surface area contributed by atoms with Crippen LogP contribution in [0.1, 0.15) is 28.5 Å². The minimum Gasteiger partial charge on any atom is -0.490 e. The quantitative estimate of drug-likeness (QED) is 0.175. The first-order valence-corrected chi connectivity index (χ1v) is 17.8. The number of pyridine rings is 1. The van der Waals surface area contributed by atoms with Crippen molar-refractivity contribution in [3.63, 3.8) is 0 Å². The Morgan fingerprint density at radius 2 is 1.98 bits per heavy atom. The average molecular weight is 718 g/mol. The fourth-order valence-electron chi connectivity index (χ4n) is 6.46. The number of ether oxygens (including phenoxy) is 1. The molecule has 49 heavy (non-hydrogen) atoms. The van der Waals surface area contributed by atoms with Crippen molar-refractivity contribution in [1.82, 2.24) is 25.4 Å². The molecule has 5 atom stereocenters. The summed E-state index contributed by atoms with van der Waals surface area (Å²) in [5.41, 5.74) is 1.41. The fourth-order valence-corrected chi connectivity index (χ4v) is 8.66. The Kier molecular flexibility index (Phi) is 11.2. The van der Waals surface area contributed by atoms with Crippen LogP contribution in [0.15, 0.2) is 66.3 Å². The summed E-state index contributed by atoms with van der Waals surface area (Å²) in [4.78, 5) is 36.0. The van der Waals surface area contributed by atoms with Crippen LogP contribution in [0, 0.1) is 5.92 Å². The van der Waals surface area contributed by atoms with Gasteiger partial charge in [-0.2, -0.15) is 13.2 Å². The molecule has 5 unspecified atom stereocenters. The monoisotopic (exact) mass is 717 g/mol. The van der Waals surface area contributed by atoms with Crippen LogP contribution in [-0.2, 0) is 22.6 Å². The summed E-state index contributed by atoms with van der Waals surface area (Å²) in [6.45, 7) is 0.156. The lowest BCUT2D eigenvalue weighted by atomic mass is 9.91. The standard InChI is InChI=1S/C34H38F3N5O5S2/c35-34(36,37)20-39-32(46)27-18-41(17-25-14-22-7-11-48-33(22)49-25)9-10-42(27)16-24(43)13-23(12-21-4-3-8-38-15-21)31(45)40-30-26-5-1-2-6-29(26)47-19-28(30)44/h1-8,11,14-15,23-24,27-28,30,43-44H,9-10,12-13,16-20H2,(H,39,46)(H,40,45). The number of hydrogen-bond donors (Lipinski definition) is 4. The molecule has 2 amide bonds. The van der Waals surface area contributed by atoms with Crippen LogP contribution in [-0.4, -0.2) is 101 Å². The molecule has 2 aliphatic heterocycles. The second kappa shape index (κ2) is 15.5. The predicted molar refractivity (Wildman–Crippen MR) is 180 cm³/mol. The van der Waals surface area contributed by atoms with Crippen LogP contribution in [0.25, 0.3) is 9.40 Å². The van der Waals surface area contributed by atoms with Gasteiger partial charge in [-0.05, 0) is 48.1 Å². The summed E-state index contributed by atoms with van der Waals surface area (Å²) >= 11 is 3.31. The predicted octanol–water partition coefficient (Wildman–Crippen LogP) is 3.74. The zero-order valence-corrected chi connectivity index (χ0v) is 28.1. The SMILES string of the molecule is O=C(NC1c2ccccc2OCC1O)C(Cc1cccnc1)CC(O)CN1CCN(Cc2cc3ccsc3s2)CC1C(=O)NCC(F)(F)F. The van der Waals surface area contributed by atoms with Gasteiger partial charge in [-0.25, -0.2) is 0 Å². The topological polar surface area (TPSA) is 127 Å². The third-order valence-electron chi connectivity index (χ3n) is 8.84. The Balaban J connectivity index is 1.15. The number of halogens is 3. The van der Waals surface area contributed by atoms with Crippen molar-refractivity contribution in [3.8, 4) is 5.75 Å². The highest BCUT2D eigenvalue weighted by atomic mass is 32.2. The molecule has 5 heterocycles. The molecule has 1 aromatic carbocycles. The molecule has 0 spiro atoms. The Hall–Kier alpha value is -3.60. The van der Waals surface area contributed by atoms with Gasteiger partial charge in [-0.15, -0.1) is 22.7 Å². The number of nitrogens with zero attached hydrogens (tertiary/aromatic N) is 3. The molecule has 3 aromatic heterocycles. The number of benzene rings is 1. The first-order valence-electron chi connectivity index (χ1n) is 16.1. The Morgan fingerprint density at radius 1 is 1.14 bits per heavy atom. The molecule has 1 fully saturated rings. The first kappa shape index (κ1) is 35.2. The van der Waals surface area contributed by atoms with E-state index in [0.29, 0.717) is 30.9 Å². The van der Waals surface area contributed by atoms with Crippen molar-refractivity contribution in [3.05, 3.63) is 82.3 Å². The minimum atomic E-state index is -4.57. The maximum absolute atomic E-state index is 13.8. The van der Waals surface area contributed by atoms with Gasteiger partial charge in [0.15, 0.2) is 0 Å². The summed E-state index contributed by atoms with van der Waals surface area (Å²) in [5, 5.41) is 30.3. The van der Waals surface area contributed by atoms with Crippen molar-refractivity contribution in [2.45, 2.75) is 49.9 Å². The van der Waals surface area contributed by atoms with Gasteiger partial charge in [0.25, 0.3) is 0 Å². The Morgan fingerprint density at radius 3 is 2.76 bits per heavy atom. The van der Waals surface area contributed by atoms with E-state index < -0.39 is 48.8 Å². The van der Waals surface area contributed by atoms with Crippen molar-refractivity contribution in [1.29, 1.82) is 0 Å². The van der Waals surface area contributed by atoms with E-state index in [0.717, 1.165) is 15.8 Å². The molecular weight excluding hydrogens is 680 g/mol. The summed E-state index contributed by atoms with van der Waals surface area (Å²) < 4.78 is 46.0.